The number of benzene rings is 2. The van der Waals surface area contributed by atoms with E-state index in [1.54, 1.807) is 0 Å². The second kappa shape index (κ2) is 3.95. The summed E-state index contributed by atoms with van der Waals surface area (Å²) in [6, 6.07) is 20.9. The van der Waals surface area contributed by atoms with Gasteiger partial charge in [0.2, 0.25) is 0 Å². The van der Waals surface area contributed by atoms with Crippen molar-refractivity contribution in [3.05, 3.63) is 66.9 Å². The number of aromatic amines is 1. The van der Waals surface area contributed by atoms with E-state index in [1.807, 2.05) is 24.4 Å². The van der Waals surface area contributed by atoms with Gasteiger partial charge in [-0.3, -0.25) is 0 Å². The van der Waals surface area contributed by atoms with Gasteiger partial charge in [-0.15, -0.1) is 0 Å². The Balaban J connectivity index is 1.92. The molecular formula is C17H12N2. The molecule has 2 heterocycles. The van der Waals surface area contributed by atoms with E-state index in [9.17, 15) is 0 Å². The van der Waals surface area contributed by atoms with Gasteiger partial charge in [0.25, 0.3) is 0 Å². The van der Waals surface area contributed by atoms with Gasteiger partial charge in [-0.1, -0.05) is 30.3 Å². The Morgan fingerprint density at radius 1 is 0.789 bits per heavy atom. The normalized spacial score (nSPS) is 11.2. The Hall–Kier alpha value is -2.61. The molecule has 0 atom stereocenters. The molecule has 0 unspecified atom stereocenters. The molecule has 19 heavy (non-hydrogen) atoms. The van der Waals surface area contributed by atoms with Crippen molar-refractivity contribution < 1.29 is 0 Å². The Morgan fingerprint density at radius 3 is 2.74 bits per heavy atom. The van der Waals surface area contributed by atoms with Crippen LogP contribution in [0.15, 0.2) is 66.9 Å². The highest BCUT2D eigenvalue weighted by Gasteiger charge is 2.03. The van der Waals surface area contributed by atoms with Crippen molar-refractivity contribution >= 4 is 21.8 Å². The number of fused-ring (bicyclic) bond motifs is 2. The molecule has 0 aliphatic carbocycles. The van der Waals surface area contributed by atoms with Gasteiger partial charge < -0.3 is 4.98 Å². The quantitative estimate of drug-likeness (QED) is 0.528. The third kappa shape index (κ3) is 1.69. The summed E-state index contributed by atoms with van der Waals surface area (Å²) in [5, 5.41) is 2.39. The first-order chi connectivity index (χ1) is 9.40. The van der Waals surface area contributed by atoms with E-state index in [0.29, 0.717) is 0 Å². The van der Waals surface area contributed by atoms with Gasteiger partial charge in [0.05, 0.1) is 11.2 Å². The molecule has 2 heteroatoms. The molecule has 2 nitrogen and oxygen atoms in total. The highest BCUT2D eigenvalue weighted by molar-refractivity contribution is 5.86. The summed E-state index contributed by atoms with van der Waals surface area (Å²) in [6.45, 7) is 0. The molecule has 2 aromatic carbocycles. The molecule has 0 spiro atoms. The van der Waals surface area contributed by atoms with Crippen molar-refractivity contribution in [1.29, 1.82) is 0 Å². The number of pyridine rings is 1. The van der Waals surface area contributed by atoms with Crippen molar-refractivity contribution in [1.82, 2.24) is 9.97 Å². The molecule has 0 aliphatic rings. The maximum Gasteiger partial charge on any atom is 0.0709 e. The van der Waals surface area contributed by atoms with E-state index in [4.69, 9.17) is 4.98 Å². The van der Waals surface area contributed by atoms with Crippen LogP contribution in [0, 0.1) is 0 Å². The Kier molecular flexibility index (Phi) is 2.15. The van der Waals surface area contributed by atoms with Crippen molar-refractivity contribution in [3.8, 4) is 11.3 Å². The standard InChI is InChI=1S/C17H12N2/c1-2-4-16-12(3-1)5-8-17(19-16)13-6-7-15-14(11-13)9-10-18-15/h1-11,18H. The number of hydrogen-bond acceptors (Lipinski definition) is 1. The molecule has 0 radical (unpaired) electrons. The number of nitrogens with zero attached hydrogens (tertiary/aromatic N) is 1. The number of H-pyrrole nitrogens is 1. The van der Waals surface area contributed by atoms with Crippen LogP contribution >= 0.6 is 0 Å². The van der Waals surface area contributed by atoms with Crippen LogP contribution in [0.1, 0.15) is 0 Å². The molecule has 0 saturated heterocycles. The Labute approximate surface area is 110 Å². The zero-order chi connectivity index (χ0) is 12.7. The molecule has 1 N–H and O–H groups in total. The van der Waals surface area contributed by atoms with Crippen LogP contribution in [-0.4, -0.2) is 9.97 Å². The second-order valence-electron chi connectivity index (χ2n) is 4.67. The lowest BCUT2D eigenvalue weighted by molar-refractivity contribution is 1.40. The van der Waals surface area contributed by atoms with Gasteiger partial charge >= 0.3 is 0 Å². The van der Waals surface area contributed by atoms with E-state index in [1.165, 1.54) is 10.8 Å². The third-order valence-corrected chi connectivity index (χ3v) is 3.45. The van der Waals surface area contributed by atoms with E-state index in [2.05, 4.69) is 47.4 Å². The van der Waals surface area contributed by atoms with Gasteiger partial charge in [0, 0.05) is 28.0 Å². The van der Waals surface area contributed by atoms with E-state index < -0.39 is 0 Å². The highest BCUT2D eigenvalue weighted by atomic mass is 14.7. The molecule has 4 aromatic rings. The largest absolute Gasteiger partial charge is 0.361 e. The van der Waals surface area contributed by atoms with Crippen molar-refractivity contribution in [2.75, 3.05) is 0 Å². The van der Waals surface area contributed by atoms with Crippen LogP contribution in [0.25, 0.3) is 33.1 Å². The average Bonchev–Trinajstić information content (AvgIpc) is 2.94. The Morgan fingerprint density at radius 2 is 1.74 bits per heavy atom. The fourth-order valence-corrected chi connectivity index (χ4v) is 2.44. The monoisotopic (exact) mass is 244 g/mol. The van der Waals surface area contributed by atoms with Gasteiger partial charge in [-0.25, -0.2) is 4.98 Å². The van der Waals surface area contributed by atoms with Gasteiger partial charge in [-0.05, 0) is 30.3 Å². The van der Waals surface area contributed by atoms with Crippen LogP contribution in [-0.2, 0) is 0 Å². The molecule has 0 fully saturated rings. The van der Waals surface area contributed by atoms with Crippen molar-refractivity contribution in [2.45, 2.75) is 0 Å². The number of nitrogens with one attached hydrogen (secondary N) is 1. The minimum Gasteiger partial charge on any atom is -0.361 e. The summed E-state index contributed by atoms with van der Waals surface area (Å²) in [5.41, 5.74) is 4.36. The first kappa shape index (κ1) is 10.3. The summed E-state index contributed by atoms with van der Waals surface area (Å²) in [5.74, 6) is 0. The van der Waals surface area contributed by atoms with Crippen molar-refractivity contribution in [2.24, 2.45) is 0 Å². The SMILES string of the molecule is c1ccc2nc(-c3ccc4[nH]ccc4c3)ccc2c1. The van der Waals surface area contributed by atoms with Crippen LogP contribution in [0.5, 0.6) is 0 Å². The zero-order valence-corrected chi connectivity index (χ0v) is 10.3. The molecule has 0 amide bonds. The summed E-state index contributed by atoms with van der Waals surface area (Å²) >= 11 is 0. The highest BCUT2D eigenvalue weighted by Crippen LogP contribution is 2.24. The fraction of sp³-hybridized carbons (Fsp3) is 0. The first-order valence-electron chi connectivity index (χ1n) is 6.33. The molecule has 2 aromatic heterocycles. The smallest absolute Gasteiger partial charge is 0.0709 e. The summed E-state index contributed by atoms with van der Waals surface area (Å²) in [6.07, 6.45) is 1.96. The second-order valence-corrected chi connectivity index (χ2v) is 4.67. The van der Waals surface area contributed by atoms with Crippen LogP contribution < -0.4 is 0 Å². The summed E-state index contributed by atoms with van der Waals surface area (Å²) in [7, 11) is 0. The van der Waals surface area contributed by atoms with Gasteiger partial charge in [0.15, 0.2) is 0 Å². The third-order valence-electron chi connectivity index (χ3n) is 3.45. The van der Waals surface area contributed by atoms with Gasteiger partial charge in [-0.2, -0.15) is 0 Å². The molecule has 0 bridgehead atoms. The van der Waals surface area contributed by atoms with E-state index >= 15 is 0 Å². The van der Waals surface area contributed by atoms with Crippen LogP contribution in [0.2, 0.25) is 0 Å². The maximum absolute atomic E-state index is 4.73. The topological polar surface area (TPSA) is 28.7 Å². The minimum atomic E-state index is 1.02. The van der Waals surface area contributed by atoms with Crippen LogP contribution in [0.3, 0.4) is 0 Å². The molecule has 0 aliphatic heterocycles. The zero-order valence-electron chi connectivity index (χ0n) is 10.3. The lowest BCUT2D eigenvalue weighted by Crippen LogP contribution is -1.84. The molecular weight excluding hydrogens is 232 g/mol. The van der Waals surface area contributed by atoms with E-state index in [-0.39, 0.29) is 0 Å². The lowest BCUT2D eigenvalue weighted by Gasteiger charge is -2.03. The van der Waals surface area contributed by atoms with Crippen LogP contribution in [0.4, 0.5) is 0 Å². The summed E-state index contributed by atoms with van der Waals surface area (Å²) in [4.78, 5) is 7.93. The predicted molar refractivity (Wildman–Crippen MR) is 79.0 cm³/mol. The molecule has 0 saturated carbocycles. The Bertz CT molecular complexity index is 874. The molecule has 90 valence electrons. The predicted octanol–water partition coefficient (Wildman–Crippen LogP) is 4.38. The van der Waals surface area contributed by atoms with Gasteiger partial charge in [0.1, 0.15) is 0 Å². The number of para-hydroxylation sites is 1. The van der Waals surface area contributed by atoms with Crippen molar-refractivity contribution in [3.63, 3.8) is 0 Å². The minimum absolute atomic E-state index is 1.02. The number of hydrogen-bond donors (Lipinski definition) is 1. The lowest BCUT2D eigenvalue weighted by atomic mass is 10.1. The summed E-state index contributed by atoms with van der Waals surface area (Å²) < 4.78 is 0. The van der Waals surface area contributed by atoms with E-state index in [0.717, 1.165) is 22.3 Å². The number of aromatic nitrogens is 2. The fourth-order valence-electron chi connectivity index (χ4n) is 2.44. The average molecular weight is 244 g/mol. The molecule has 4 rings (SSSR count). The maximum atomic E-state index is 4.73. The number of rotatable bonds is 1. The first-order valence-corrected chi connectivity index (χ1v) is 6.33.